The average Bonchev–Trinajstić information content (AvgIpc) is 3.22. The summed E-state index contributed by atoms with van der Waals surface area (Å²) in [5.41, 5.74) is 5.12. The zero-order valence-corrected chi connectivity index (χ0v) is 24.1. The zero-order chi connectivity index (χ0) is 28.1. The topological polar surface area (TPSA) is 111 Å². The van der Waals surface area contributed by atoms with E-state index in [9.17, 15) is 17.4 Å². The van der Waals surface area contributed by atoms with Gasteiger partial charge in [0.1, 0.15) is 0 Å². The van der Waals surface area contributed by atoms with Crippen molar-refractivity contribution in [3.63, 3.8) is 0 Å². The second-order valence-corrected chi connectivity index (χ2v) is 13.8. The normalized spacial score (nSPS) is 15.6. The number of Topliss-reactive ketones (excluding diaryl/α,β-unsaturated/α-hetero) is 1. The number of nitrogens with one attached hydrogen (secondary N) is 1. The first kappa shape index (κ1) is 27.0. The van der Waals surface area contributed by atoms with Crippen molar-refractivity contribution in [2.45, 2.75) is 50.3 Å². The highest BCUT2D eigenvalue weighted by Gasteiger charge is 2.35. The molecule has 10 heteroatoms. The van der Waals surface area contributed by atoms with Crippen molar-refractivity contribution in [2.75, 3.05) is 11.0 Å². The molecule has 5 rings (SSSR count). The molecule has 202 valence electrons. The Kier molecular flexibility index (Phi) is 6.80. The first-order valence-corrected chi connectivity index (χ1v) is 15.5. The molecule has 0 spiro atoms. The van der Waals surface area contributed by atoms with Crippen molar-refractivity contribution < 1.29 is 17.4 Å². The number of rotatable bonds is 6. The molecule has 0 fully saturated rings. The first-order valence-electron chi connectivity index (χ1n) is 12.5. The van der Waals surface area contributed by atoms with Gasteiger partial charge in [0, 0.05) is 56.7 Å². The fourth-order valence-electron chi connectivity index (χ4n) is 5.06. The number of anilines is 1. The quantitative estimate of drug-likeness (QED) is 0.344. The summed E-state index contributed by atoms with van der Waals surface area (Å²) in [6.45, 7) is 7.70. The van der Waals surface area contributed by atoms with E-state index < -0.39 is 20.8 Å². The summed E-state index contributed by atoms with van der Waals surface area (Å²) in [5.74, 6) is 0.111. The van der Waals surface area contributed by atoms with Crippen molar-refractivity contribution in [3.8, 4) is 16.9 Å². The third kappa shape index (κ3) is 5.44. The Morgan fingerprint density at radius 2 is 1.54 bits per heavy atom. The molecule has 0 aliphatic heterocycles. The van der Waals surface area contributed by atoms with Gasteiger partial charge in [0.15, 0.2) is 5.78 Å². The van der Waals surface area contributed by atoms with Gasteiger partial charge in [-0.05, 0) is 79.8 Å². The molecule has 1 unspecified atom stereocenters. The van der Waals surface area contributed by atoms with Gasteiger partial charge in [-0.3, -0.25) is 9.00 Å². The van der Waals surface area contributed by atoms with Crippen LogP contribution in [-0.2, 0) is 27.2 Å². The summed E-state index contributed by atoms with van der Waals surface area (Å²) in [7, 11) is -5.02. The molecular weight excluding hydrogens is 532 g/mol. The molecule has 1 N–H and O–H groups in total. The summed E-state index contributed by atoms with van der Waals surface area (Å²) in [4.78, 5) is 22.3. The van der Waals surface area contributed by atoms with Crippen molar-refractivity contribution in [2.24, 2.45) is 5.41 Å². The third-order valence-electron chi connectivity index (χ3n) is 6.78. The Hall–Kier alpha value is -3.63. The van der Waals surface area contributed by atoms with Crippen molar-refractivity contribution in [3.05, 3.63) is 83.3 Å². The minimum atomic E-state index is -3.92. The third-order valence-corrected chi connectivity index (χ3v) is 9.06. The van der Waals surface area contributed by atoms with E-state index in [4.69, 9.17) is 0 Å². The molecule has 4 aromatic rings. The maximum Gasteiger partial charge on any atom is 0.264 e. The van der Waals surface area contributed by atoms with E-state index in [1.54, 1.807) is 38.3 Å². The summed E-state index contributed by atoms with van der Waals surface area (Å²) in [6.07, 6.45) is 2.78. The summed E-state index contributed by atoms with van der Waals surface area (Å²) in [5, 5.41) is 0. The minimum absolute atomic E-state index is 0.0237. The van der Waals surface area contributed by atoms with Gasteiger partial charge in [-0.2, -0.15) is 0 Å². The maximum absolute atomic E-state index is 13.1. The Bertz CT molecular complexity index is 1700. The van der Waals surface area contributed by atoms with Gasteiger partial charge in [0.2, 0.25) is 5.95 Å². The van der Waals surface area contributed by atoms with Crippen molar-refractivity contribution in [1.29, 1.82) is 0 Å². The molecular formula is C29H30N4O4S2. The molecule has 1 atom stereocenters. The van der Waals surface area contributed by atoms with Gasteiger partial charge in [0.05, 0.1) is 10.6 Å². The van der Waals surface area contributed by atoms with Gasteiger partial charge in [0.25, 0.3) is 10.0 Å². The van der Waals surface area contributed by atoms with Crippen LogP contribution in [0.1, 0.15) is 47.7 Å². The molecule has 1 aliphatic rings. The maximum atomic E-state index is 13.1. The molecule has 0 saturated carbocycles. The standard InChI is InChI=1S/C29H30N4O4S2/c1-18-14-19(2)31-28(30-18)32-39(36,37)23-12-8-21(9-13-23)33-25(20-6-10-22(11-7-20)38(5)35)15-24-26(33)16-29(3,4)17-27(24)34/h6-15H,16-17H2,1-5H3,(H,30,31,32). The number of carbonyl (C=O) groups excluding carboxylic acids is 1. The van der Waals surface area contributed by atoms with Crippen LogP contribution in [0.2, 0.25) is 0 Å². The number of sulfonamides is 1. The molecule has 8 nitrogen and oxygen atoms in total. The van der Waals surface area contributed by atoms with E-state index in [0.717, 1.165) is 22.6 Å². The number of carbonyl (C=O) groups is 1. The van der Waals surface area contributed by atoms with E-state index in [2.05, 4.69) is 28.5 Å². The van der Waals surface area contributed by atoms with Gasteiger partial charge in [-0.25, -0.2) is 23.1 Å². The number of aromatic nitrogens is 3. The lowest BCUT2D eigenvalue weighted by atomic mass is 9.76. The minimum Gasteiger partial charge on any atom is -0.313 e. The average molecular weight is 563 g/mol. The van der Waals surface area contributed by atoms with Gasteiger partial charge in [-0.1, -0.05) is 26.0 Å². The second kappa shape index (κ2) is 9.84. The van der Waals surface area contributed by atoms with Crippen LogP contribution in [0.4, 0.5) is 5.95 Å². The second-order valence-electron chi connectivity index (χ2n) is 10.7. The van der Waals surface area contributed by atoms with Crippen molar-refractivity contribution >= 4 is 32.6 Å². The predicted molar refractivity (Wildman–Crippen MR) is 152 cm³/mol. The molecule has 0 radical (unpaired) electrons. The fraction of sp³-hybridized carbons (Fsp3) is 0.276. The fourth-order valence-corrected chi connectivity index (χ4v) is 6.52. The highest BCUT2D eigenvalue weighted by Crippen LogP contribution is 2.40. The first-order chi connectivity index (χ1) is 18.3. The van der Waals surface area contributed by atoms with Gasteiger partial charge in [-0.15, -0.1) is 0 Å². The highest BCUT2D eigenvalue weighted by atomic mass is 32.2. The molecule has 2 aromatic heterocycles. The lowest BCUT2D eigenvalue weighted by Gasteiger charge is -2.30. The highest BCUT2D eigenvalue weighted by molar-refractivity contribution is 7.92. The monoisotopic (exact) mass is 562 g/mol. The van der Waals surface area contributed by atoms with Crippen LogP contribution < -0.4 is 4.72 Å². The molecule has 2 aromatic carbocycles. The Balaban J connectivity index is 1.58. The van der Waals surface area contributed by atoms with E-state index >= 15 is 0 Å². The number of hydrogen-bond acceptors (Lipinski definition) is 6. The SMILES string of the molecule is Cc1cc(C)nc(NS(=O)(=O)c2ccc(-n3c(-c4ccc(S(C)=O)cc4)cc4c3CC(C)(C)CC4=O)cc2)n1. The largest absolute Gasteiger partial charge is 0.313 e. The molecule has 1 aliphatic carbocycles. The Morgan fingerprint density at radius 1 is 0.923 bits per heavy atom. The van der Waals surface area contributed by atoms with Crippen LogP contribution in [0, 0.1) is 19.3 Å². The molecule has 0 saturated heterocycles. The Morgan fingerprint density at radius 3 is 2.13 bits per heavy atom. The van der Waals surface area contributed by atoms with Gasteiger partial charge >= 0.3 is 0 Å². The molecule has 0 amide bonds. The zero-order valence-electron chi connectivity index (χ0n) is 22.5. The predicted octanol–water partition coefficient (Wildman–Crippen LogP) is 5.24. The van der Waals surface area contributed by atoms with Crippen molar-refractivity contribution in [1.82, 2.24) is 14.5 Å². The van der Waals surface area contributed by atoms with E-state index in [1.165, 1.54) is 12.1 Å². The molecule has 2 heterocycles. The van der Waals surface area contributed by atoms with Gasteiger partial charge < -0.3 is 4.57 Å². The number of aryl methyl sites for hydroxylation is 2. The van der Waals surface area contributed by atoms with Crippen LogP contribution in [-0.4, -0.2) is 39.2 Å². The number of benzene rings is 2. The van der Waals surface area contributed by atoms with E-state index in [0.29, 0.717) is 34.7 Å². The van der Waals surface area contributed by atoms with E-state index in [-0.39, 0.29) is 22.0 Å². The Labute approximate surface area is 231 Å². The summed E-state index contributed by atoms with van der Waals surface area (Å²) < 4.78 is 42.6. The van der Waals surface area contributed by atoms with Crippen LogP contribution in [0.3, 0.4) is 0 Å². The van der Waals surface area contributed by atoms with Crippen LogP contribution in [0.25, 0.3) is 16.9 Å². The number of nitrogens with zero attached hydrogens (tertiary/aromatic N) is 3. The smallest absolute Gasteiger partial charge is 0.264 e. The summed E-state index contributed by atoms with van der Waals surface area (Å²) in [6, 6.07) is 17.7. The summed E-state index contributed by atoms with van der Waals surface area (Å²) >= 11 is 0. The molecule has 39 heavy (non-hydrogen) atoms. The number of ketones is 1. The van der Waals surface area contributed by atoms with E-state index in [1.807, 2.05) is 34.9 Å². The molecule has 0 bridgehead atoms. The van der Waals surface area contributed by atoms with Crippen LogP contribution in [0.5, 0.6) is 0 Å². The lowest BCUT2D eigenvalue weighted by molar-refractivity contribution is 0.0911. The number of hydrogen-bond donors (Lipinski definition) is 1. The van der Waals surface area contributed by atoms with Crippen LogP contribution in [0.15, 0.2) is 70.5 Å². The number of fused-ring (bicyclic) bond motifs is 1. The van der Waals surface area contributed by atoms with Crippen LogP contribution >= 0.6 is 0 Å². The lowest BCUT2D eigenvalue weighted by Crippen LogP contribution is -2.27.